The minimum absolute atomic E-state index is 0.0190. The first-order valence-corrected chi connectivity index (χ1v) is 7.67. The number of para-hydroxylation sites is 2. The van der Waals surface area contributed by atoms with Gasteiger partial charge in [-0.25, -0.2) is 4.98 Å². The van der Waals surface area contributed by atoms with Crippen molar-refractivity contribution < 1.29 is 14.1 Å². The summed E-state index contributed by atoms with van der Waals surface area (Å²) in [4.78, 5) is 30.9. The predicted molar refractivity (Wildman–Crippen MR) is 89.9 cm³/mol. The van der Waals surface area contributed by atoms with Gasteiger partial charge >= 0.3 is 5.97 Å². The first kappa shape index (κ1) is 15.1. The average molecular weight is 335 g/mol. The zero-order valence-corrected chi connectivity index (χ0v) is 13.1. The van der Waals surface area contributed by atoms with Gasteiger partial charge in [-0.05, 0) is 24.3 Å². The third-order valence-corrected chi connectivity index (χ3v) is 3.80. The van der Waals surface area contributed by atoms with Gasteiger partial charge in [-0.2, -0.15) is 0 Å². The Morgan fingerprint density at radius 1 is 1.08 bits per heavy atom. The molecule has 2 heterocycles. The van der Waals surface area contributed by atoms with E-state index in [9.17, 15) is 9.59 Å². The van der Waals surface area contributed by atoms with E-state index in [1.54, 1.807) is 30.3 Å². The highest BCUT2D eigenvalue weighted by molar-refractivity contribution is 5.84. The molecular formula is C18H13N3O4. The van der Waals surface area contributed by atoms with Crippen LogP contribution in [0.1, 0.15) is 11.5 Å². The summed E-state index contributed by atoms with van der Waals surface area (Å²) >= 11 is 0. The molecule has 4 aromatic rings. The number of hydrogen-bond donors (Lipinski definition) is 1. The number of carbonyl (C=O) groups excluding carboxylic acids is 1. The summed E-state index contributed by atoms with van der Waals surface area (Å²) in [7, 11) is 0. The van der Waals surface area contributed by atoms with Crippen molar-refractivity contribution >= 4 is 27.8 Å². The van der Waals surface area contributed by atoms with E-state index in [0.717, 1.165) is 5.39 Å². The van der Waals surface area contributed by atoms with Gasteiger partial charge in [-0.3, -0.25) is 9.59 Å². The summed E-state index contributed by atoms with van der Waals surface area (Å²) in [5, 5.41) is 5.16. The van der Waals surface area contributed by atoms with Gasteiger partial charge < -0.3 is 14.2 Å². The van der Waals surface area contributed by atoms with Gasteiger partial charge in [0.25, 0.3) is 5.56 Å². The molecule has 7 heteroatoms. The van der Waals surface area contributed by atoms with Crippen LogP contribution in [0.5, 0.6) is 0 Å². The van der Waals surface area contributed by atoms with Gasteiger partial charge in [0.2, 0.25) is 0 Å². The molecule has 0 atom stereocenters. The lowest BCUT2D eigenvalue weighted by molar-refractivity contribution is -0.144. The zero-order chi connectivity index (χ0) is 17.2. The molecule has 2 aromatic heterocycles. The van der Waals surface area contributed by atoms with E-state index in [1.807, 2.05) is 18.2 Å². The van der Waals surface area contributed by atoms with E-state index < -0.39 is 5.97 Å². The molecule has 0 saturated carbocycles. The van der Waals surface area contributed by atoms with Gasteiger partial charge in [0.1, 0.15) is 18.1 Å². The number of fused-ring (bicyclic) bond motifs is 2. The SMILES string of the molecule is O=C(Cc1noc2ccccc12)OCc1nc2ccccc2c(=O)[nH]1. The Morgan fingerprint density at radius 2 is 1.84 bits per heavy atom. The highest BCUT2D eigenvalue weighted by atomic mass is 16.5. The molecule has 0 bridgehead atoms. The van der Waals surface area contributed by atoms with E-state index in [0.29, 0.717) is 28.0 Å². The quantitative estimate of drug-likeness (QED) is 0.575. The number of H-pyrrole nitrogens is 1. The zero-order valence-electron chi connectivity index (χ0n) is 13.1. The second-order valence-electron chi connectivity index (χ2n) is 5.49. The Kier molecular flexibility index (Phi) is 3.74. The summed E-state index contributed by atoms with van der Waals surface area (Å²) in [6.07, 6.45) is -0.0190. The van der Waals surface area contributed by atoms with Crippen molar-refractivity contribution in [2.75, 3.05) is 0 Å². The smallest absolute Gasteiger partial charge is 0.312 e. The van der Waals surface area contributed by atoms with E-state index in [1.165, 1.54) is 0 Å². The standard InChI is InChI=1S/C18H13N3O4/c22-17(9-14-11-5-2-4-8-15(11)25-21-14)24-10-16-19-13-7-3-1-6-12(13)18(23)20-16/h1-8H,9-10H2,(H,19,20,23). The molecule has 25 heavy (non-hydrogen) atoms. The molecule has 7 nitrogen and oxygen atoms in total. The van der Waals surface area contributed by atoms with Crippen molar-refractivity contribution in [2.24, 2.45) is 0 Å². The Bertz CT molecular complexity index is 1130. The molecular weight excluding hydrogens is 322 g/mol. The van der Waals surface area contributed by atoms with Crippen LogP contribution in [0.25, 0.3) is 21.9 Å². The molecule has 0 aliphatic carbocycles. The number of esters is 1. The fourth-order valence-electron chi connectivity index (χ4n) is 2.61. The maximum Gasteiger partial charge on any atom is 0.312 e. The lowest BCUT2D eigenvalue weighted by Gasteiger charge is -2.04. The Morgan fingerprint density at radius 3 is 2.72 bits per heavy atom. The summed E-state index contributed by atoms with van der Waals surface area (Å²) in [5.41, 5.74) is 1.42. The van der Waals surface area contributed by atoms with Gasteiger partial charge in [0, 0.05) is 5.39 Å². The first-order valence-electron chi connectivity index (χ1n) is 7.67. The highest BCUT2D eigenvalue weighted by Crippen LogP contribution is 2.18. The van der Waals surface area contributed by atoms with Crippen LogP contribution in [0.4, 0.5) is 0 Å². The van der Waals surface area contributed by atoms with Crippen LogP contribution in [0.3, 0.4) is 0 Å². The van der Waals surface area contributed by atoms with Crippen LogP contribution >= 0.6 is 0 Å². The second kappa shape index (κ2) is 6.20. The summed E-state index contributed by atoms with van der Waals surface area (Å²) in [6.45, 7) is -0.116. The topological polar surface area (TPSA) is 98.1 Å². The van der Waals surface area contributed by atoms with Crippen LogP contribution in [0, 0.1) is 0 Å². The normalized spacial score (nSPS) is 11.0. The number of ether oxygens (including phenoxy) is 1. The Hall–Kier alpha value is -3.48. The van der Waals surface area contributed by atoms with E-state index in [2.05, 4.69) is 15.1 Å². The Labute approximate surface area is 141 Å². The fourth-order valence-corrected chi connectivity index (χ4v) is 2.61. The first-order chi connectivity index (χ1) is 12.2. The van der Waals surface area contributed by atoms with Gasteiger partial charge in [0.15, 0.2) is 5.58 Å². The second-order valence-corrected chi connectivity index (χ2v) is 5.49. The van der Waals surface area contributed by atoms with Crippen molar-refractivity contribution in [1.29, 1.82) is 0 Å². The van der Waals surface area contributed by atoms with Gasteiger partial charge in [-0.1, -0.05) is 29.4 Å². The average Bonchev–Trinajstić information content (AvgIpc) is 3.03. The highest BCUT2D eigenvalue weighted by Gasteiger charge is 2.14. The molecule has 0 radical (unpaired) electrons. The van der Waals surface area contributed by atoms with E-state index in [4.69, 9.17) is 9.26 Å². The van der Waals surface area contributed by atoms with Crippen LogP contribution in [0.2, 0.25) is 0 Å². The maximum absolute atomic E-state index is 12.1. The van der Waals surface area contributed by atoms with Crippen LogP contribution in [-0.2, 0) is 22.6 Å². The predicted octanol–water partition coefficient (Wildman–Crippen LogP) is 2.35. The number of aromatic amines is 1. The molecule has 4 rings (SSSR count). The van der Waals surface area contributed by atoms with E-state index in [-0.39, 0.29) is 18.6 Å². The third-order valence-electron chi connectivity index (χ3n) is 3.80. The summed E-state index contributed by atoms with van der Waals surface area (Å²) in [5.74, 6) is -0.183. The van der Waals surface area contributed by atoms with Crippen molar-refractivity contribution in [3.63, 3.8) is 0 Å². The summed E-state index contributed by atoms with van der Waals surface area (Å²) in [6, 6.07) is 14.3. The number of nitrogens with zero attached hydrogens (tertiary/aromatic N) is 2. The number of benzene rings is 2. The molecule has 1 N–H and O–H groups in total. The van der Waals surface area contributed by atoms with Crippen LogP contribution < -0.4 is 5.56 Å². The van der Waals surface area contributed by atoms with Crippen molar-refractivity contribution in [2.45, 2.75) is 13.0 Å². The van der Waals surface area contributed by atoms with E-state index >= 15 is 0 Å². The summed E-state index contributed by atoms with van der Waals surface area (Å²) < 4.78 is 10.4. The molecule has 0 fully saturated rings. The largest absolute Gasteiger partial charge is 0.457 e. The van der Waals surface area contributed by atoms with Crippen LogP contribution in [0.15, 0.2) is 57.8 Å². The Balaban J connectivity index is 1.48. The molecule has 0 saturated heterocycles. The molecule has 0 spiro atoms. The van der Waals surface area contributed by atoms with Gasteiger partial charge in [-0.15, -0.1) is 0 Å². The molecule has 2 aromatic carbocycles. The molecule has 0 amide bonds. The molecule has 0 aliphatic rings. The molecule has 0 unspecified atom stereocenters. The van der Waals surface area contributed by atoms with Crippen molar-refractivity contribution in [3.8, 4) is 0 Å². The fraction of sp³-hybridized carbons (Fsp3) is 0.111. The van der Waals surface area contributed by atoms with Crippen LogP contribution in [-0.4, -0.2) is 21.1 Å². The van der Waals surface area contributed by atoms with Gasteiger partial charge in [0.05, 0.1) is 17.3 Å². The number of hydrogen-bond acceptors (Lipinski definition) is 6. The molecule has 124 valence electrons. The minimum atomic E-state index is -0.477. The van der Waals surface area contributed by atoms with Crippen molar-refractivity contribution in [3.05, 3.63) is 70.4 Å². The maximum atomic E-state index is 12.1. The number of rotatable bonds is 4. The lowest BCUT2D eigenvalue weighted by Crippen LogP contribution is -2.15. The van der Waals surface area contributed by atoms with Crippen molar-refractivity contribution in [1.82, 2.24) is 15.1 Å². The number of carbonyl (C=O) groups is 1. The lowest BCUT2D eigenvalue weighted by atomic mass is 10.2. The monoisotopic (exact) mass is 335 g/mol. The number of nitrogens with one attached hydrogen (secondary N) is 1. The number of aromatic nitrogens is 3. The molecule has 0 aliphatic heterocycles. The third kappa shape index (κ3) is 2.99. The minimum Gasteiger partial charge on any atom is -0.457 e.